The van der Waals surface area contributed by atoms with E-state index in [1.165, 1.54) is 5.56 Å². The van der Waals surface area contributed by atoms with E-state index in [-0.39, 0.29) is 6.10 Å². The van der Waals surface area contributed by atoms with E-state index >= 15 is 0 Å². The number of aliphatic hydroxyl groups is 1. The number of nitrogens with zero attached hydrogens (tertiary/aromatic N) is 2. The summed E-state index contributed by atoms with van der Waals surface area (Å²) in [6.07, 6.45) is 4.17. The molecule has 5 nitrogen and oxygen atoms in total. The maximum Gasteiger partial charge on any atom is 0.236 e. The fourth-order valence-corrected chi connectivity index (χ4v) is 5.82. The fraction of sp³-hybridized carbons (Fsp3) is 0.323. The van der Waals surface area contributed by atoms with E-state index in [9.17, 15) is 5.11 Å². The van der Waals surface area contributed by atoms with Gasteiger partial charge in [-0.1, -0.05) is 92.2 Å². The number of aromatic nitrogens is 1. The lowest BCUT2D eigenvalue weighted by atomic mass is 9.91. The molecule has 0 amide bonds. The van der Waals surface area contributed by atoms with Gasteiger partial charge in [0.1, 0.15) is 5.76 Å². The van der Waals surface area contributed by atoms with Crippen LogP contribution in [-0.4, -0.2) is 34.2 Å². The largest absolute Gasteiger partial charge is 0.441 e. The van der Waals surface area contributed by atoms with Gasteiger partial charge in [-0.05, 0) is 35.6 Å². The van der Waals surface area contributed by atoms with Crippen LogP contribution in [0.1, 0.15) is 48.1 Å². The average molecular weight is 481 g/mol. The number of hydrogen-bond acceptors (Lipinski definition) is 5. The van der Waals surface area contributed by atoms with Crippen molar-refractivity contribution in [3.8, 4) is 11.1 Å². The molecule has 0 bridgehead atoms. The van der Waals surface area contributed by atoms with Crippen molar-refractivity contribution >= 4 is 0 Å². The van der Waals surface area contributed by atoms with E-state index in [0.29, 0.717) is 25.0 Å². The molecule has 1 aromatic heterocycles. The Bertz CT molecular complexity index is 1290. The Kier molecular flexibility index (Phi) is 6.22. The van der Waals surface area contributed by atoms with Crippen LogP contribution in [0.2, 0.25) is 0 Å². The first kappa shape index (κ1) is 23.2. The molecule has 2 aliphatic rings. The molecule has 0 saturated carbocycles. The van der Waals surface area contributed by atoms with E-state index in [4.69, 9.17) is 9.15 Å². The highest BCUT2D eigenvalue weighted by molar-refractivity contribution is 5.81. The Morgan fingerprint density at radius 2 is 1.64 bits per heavy atom. The van der Waals surface area contributed by atoms with Crippen molar-refractivity contribution < 1.29 is 14.3 Å². The Morgan fingerprint density at radius 1 is 0.972 bits per heavy atom. The van der Waals surface area contributed by atoms with Crippen LogP contribution in [0.15, 0.2) is 89.5 Å². The van der Waals surface area contributed by atoms with Gasteiger partial charge in [-0.25, -0.2) is 4.98 Å². The van der Waals surface area contributed by atoms with Gasteiger partial charge in [-0.2, -0.15) is 0 Å². The Balaban J connectivity index is 1.20. The van der Waals surface area contributed by atoms with Crippen LogP contribution in [0, 0.1) is 5.92 Å². The molecule has 2 heterocycles. The van der Waals surface area contributed by atoms with E-state index in [1.807, 2.05) is 54.6 Å². The summed E-state index contributed by atoms with van der Waals surface area (Å²) in [7, 11) is 0. The molecule has 6 rings (SSSR count). The van der Waals surface area contributed by atoms with Crippen molar-refractivity contribution in [2.75, 3.05) is 13.1 Å². The number of ether oxygens (including phenoxy) is 1. The van der Waals surface area contributed by atoms with Gasteiger partial charge in [0.15, 0.2) is 5.60 Å². The highest BCUT2D eigenvalue weighted by atomic mass is 16.5. The summed E-state index contributed by atoms with van der Waals surface area (Å²) in [5, 5.41) is 12.0. The molecule has 1 saturated heterocycles. The molecule has 0 radical (unpaired) electrons. The van der Waals surface area contributed by atoms with Gasteiger partial charge in [-0.3, -0.25) is 4.90 Å². The maximum atomic E-state index is 12.0. The smallest absolute Gasteiger partial charge is 0.236 e. The van der Waals surface area contributed by atoms with Gasteiger partial charge in [0, 0.05) is 17.7 Å². The number of fused-ring (bicyclic) bond motifs is 3. The topological polar surface area (TPSA) is 58.7 Å². The molecule has 1 aliphatic heterocycles. The van der Waals surface area contributed by atoms with Crippen molar-refractivity contribution in [3.63, 3.8) is 0 Å². The predicted octanol–water partition coefficient (Wildman–Crippen LogP) is 5.76. The quantitative estimate of drug-likeness (QED) is 0.365. The summed E-state index contributed by atoms with van der Waals surface area (Å²) in [5.74, 6) is 1.65. The van der Waals surface area contributed by atoms with Crippen molar-refractivity contribution in [1.29, 1.82) is 0 Å². The van der Waals surface area contributed by atoms with Gasteiger partial charge >= 0.3 is 0 Å². The maximum absolute atomic E-state index is 12.0. The van der Waals surface area contributed by atoms with Crippen LogP contribution in [0.25, 0.3) is 11.1 Å². The minimum atomic E-state index is -1.39. The Hall–Kier alpha value is -3.25. The SMILES string of the molecule is CCC1CCN(Cc2cnc(C3(O)c4ccccc4-c4ccccc43)o2)CC1OCc1ccccc1. The molecular formula is C31H32N2O3. The van der Waals surface area contributed by atoms with Crippen molar-refractivity contribution in [3.05, 3.63) is 113 Å². The lowest BCUT2D eigenvalue weighted by molar-refractivity contribution is -0.0506. The second kappa shape index (κ2) is 9.66. The summed E-state index contributed by atoms with van der Waals surface area (Å²) in [5.41, 5.74) is 3.50. The van der Waals surface area contributed by atoms with Gasteiger partial charge in [0.25, 0.3) is 0 Å². The standard InChI is InChI=1S/C31H32N2O3/c1-2-23-16-17-33(20-29(23)35-21-22-10-4-3-5-11-22)19-24-18-32-30(36-24)31(34)27-14-8-6-12-25(27)26-13-7-9-15-28(26)31/h3-15,18,23,29,34H,2,16-17,19-21H2,1H3. The Labute approximate surface area is 212 Å². The first-order valence-electron chi connectivity index (χ1n) is 12.9. The third-order valence-corrected chi connectivity index (χ3v) is 7.78. The van der Waals surface area contributed by atoms with Crippen molar-refractivity contribution in [1.82, 2.24) is 9.88 Å². The third kappa shape index (κ3) is 4.07. The number of rotatable bonds is 7. The minimum Gasteiger partial charge on any atom is -0.441 e. The molecule has 184 valence electrons. The molecule has 1 N–H and O–H groups in total. The fourth-order valence-electron chi connectivity index (χ4n) is 5.82. The van der Waals surface area contributed by atoms with Gasteiger partial charge in [0.05, 0.1) is 25.5 Å². The van der Waals surface area contributed by atoms with Crippen molar-refractivity contribution in [2.24, 2.45) is 5.92 Å². The zero-order valence-electron chi connectivity index (χ0n) is 20.6. The van der Waals surface area contributed by atoms with E-state index in [0.717, 1.165) is 53.9 Å². The zero-order valence-corrected chi connectivity index (χ0v) is 20.6. The van der Waals surface area contributed by atoms with Crippen LogP contribution >= 0.6 is 0 Å². The summed E-state index contributed by atoms with van der Waals surface area (Å²) in [6, 6.07) is 26.3. The lowest BCUT2D eigenvalue weighted by Gasteiger charge is -2.37. The highest BCUT2D eigenvalue weighted by Crippen LogP contribution is 2.50. The summed E-state index contributed by atoms with van der Waals surface area (Å²) in [4.78, 5) is 6.97. The second-order valence-corrected chi connectivity index (χ2v) is 9.96. The molecular weight excluding hydrogens is 448 g/mol. The molecule has 2 unspecified atom stereocenters. The zero-order chi connectivity index (χ0) is 24.5. The normalized spacial score (nSPS) is 20.7. The molecule has 4 aromatic rings. The number of benzene rings is 3. The second-order valence-electron chi connectivity index (χ2n) is 9.96. The molecule has 0 spiro atoms. The minimum absolute atomic E-state index is 0.184. The van der Waals surface area contributed by atoms with Crippen LogP contribution in [0.3, 0.4) is 0 Å². The van der Waals surface area contributed by atoms with Gasteiger partial charge < -0.3 is 14.3 Å². The van der Waals surface area contributed by atoms with Crippen LogP contribution in [-0.2, 0) is 23.5 Å². The van der Waals surface area contributed by atoms with Crippen molar-refractivity contribution in [2.45, 2.75) is 44.6 Å². The molecule has 5 heteroatoms. The first-order valence-corrected chi connectivity index (χ1v) is 12.9. The monoisotopic (exact) mass is 480 g/mol. The number of hydrogen-bond donors (Lipinski definition) is 1. The van der Waals surface area contributed by atoms with E-state index in [2.05, 4.69) is 41.1 Å². The number of oxazole rings is 1. The van der Waals surface area contributed by atoms with Gasteiger partial charge in [-0.15, -0.1) is 0 Å². The molecule has 3 aromatic carbocycles. The Morgan fingerprint density at radius 3 is 2.33 bits per heavy atom. The van der Waals surface area contributed by atoms with Gasteiger partial charge in [0.2, 0.25) is 5.89 Å². The number of piperidine rings is 1. The van der Waals surface area contributed by atoms with E-state index in [1.54, 1.807) is 6.20 Å². The first-order chi connectivity index (χ1) is 17.7. The van der Waals surface area contributed by atoms with Crippen LogP contribution in [0.5, 0.6) is 0 Å². The summed E-state index contributed by atoms with van der Waals surface area (Å²) < 4.78 is 12.7. The predicted molar refractivity (Wildman–Crippen MR) is 139 cm³/mol. The molecule has 1 fully saturated rings. The number of likely N-dealkylation sites (tertiary alicyclic amines) is 1. The molecule has 2 atom stereocenters. The molecule has 36 heavy (non-hydrogen) atoms. The lowest BCUT2D eigenvalue weighted by Crippen LogP contribution is -2.44. The third-order valence-electron chi connectivity index (χ3n) is 7.78. The molecule has 1 aliphatic carbocycles. The summed E-state index contributed by atoms with van der Waals surface area (Å²) >= 11 is 0. The van der Waals surface area contributed by atoms with Crippen LogP contribution in [0.4, 0.5) is 0 Å². The average Bonchev–Trinajstić information content (AvgIpc) is 3.50. The van der Waals surface area contributed by atoms with E-state index < -0.39 is 5.60 Å². The van der Waals surface area contributed by atoms with Crippen LogP contribution < -0.4 is 0 Å². The highest BCUT2D eigenvalue weighted by Gasteiger charge is 2.46. The summed E-state index contributed by atoms with van der Waals surface area (Å²) in [6.45, 7) is 5.38.